The first-order valence-electron chi connectivity index (χ1n) is 9.27. The van der Waals surface area contributed by atoms with Crippen molar-refractivity contribution in [2.24, 2.45) is 34.5 Å². The SMILES string of the molecule is CO[C@@H]1[C@H]2C/C(C)=C\C[C@H]3C(C)(C)C=C[C@@]3(C)[C@@H](O)[C@H]2C[C@H]1C. The minimum Gasteiger partial charge on any atom is -0.392 e. The highest BCUT2D eigenvalue weighted by molar-refractivity contribution is 5.23. The highest BCUT2D eigenvalue weighted by atomic mass is 16.5. The third-order valence-corrected chi connectivity index (χ3v) is 7.27. The average Bonchev–Trinajstić information content (AvgIpc) is 2.91. The van der Waals surface area contributed by atoms with Crippen LogP contribution in [0.15, 0.2) is 23.8 Å². The van der Waals surface area contributed by atoms with E-state index in [0.29, 0.717) is 23.7 Å². The van der Waals surface area contributed by atoms with Crippen LogP contribution in [0, 0.1) is 34.5 Å². The number of aliphatic hydroxyl groups excluding tert-OH is 1. The predicted octanol–water partition coefficient (Wildman–Crippen LogP) is 4.59. The Labute approximate surface area is 142 Å². The fourth-order valence-corrected chi connectivity index (χ4v) is 5.97. The summed E-state index contributed by atoms with van der Waals surface area (Å²) >= 11 is 0. The molecule has 0 aliphatic heterocycles. The molecule has 23 heavy (non-hydrogen) atoms. The number of ether oxygens (including phenoxy) is 1. The maximum atomic E-state index is 11.5. The van der Waals surface area contributed by atoms with E-state index in [2.05, 4.69) is 52.8 Å². The topological polar surface area (TPSA) is 29.5 Å². The van der Waals surface area contributed by atoms with E-state index >= 15 is 0 Å². The minimum atomic E-state index is -0.280. The van der Waals surface area contributed by atoms with Gasteiger partial charge in [-0.05, 0) is 55.3 Å². The van der Waals surface area contributed by atoms with Crippen LogP contribution in [0.1, 0.15) is 53.9 Å². The number of hydrogen-bond acceptors (Lipinski definition) is 2. The van der Waals surface area contributed by atoms with Crippen LogP contribution in [0.2, 0.25) is 0 Å². The van der Waals surface area contributed by atoms with Gasteiger partial charge in [0, 0.05) is 12.5 Å². The lowest BCUT2D eigenvalue weighted by Crippen LogP contribution is -2.45. The molecular weight excluding hydrogens is 284 g/mol. The second kappa shape index (κ2) is 5.74. The largest absolute Gasteiger partial charge is 0.392 e. The summed E-state index contributed by atoms with van der Waals surface area (Å²) in [5.41, 5.74) is 1.49. The minimum absolute atomic E-state index is 0.129. The molecule has 2 heteroatoms. The monoisotopic (exact) mass is 318 g/mol. The zero-order chi connectivity index (χ0) is 17.0. The van der Waals surface area contributed by atoms with Crippen molar-refractivity contribution < 1.29 is 9.84 Å². The molecule has 3 aliphatic rings. The van der Waals surface area contributed by atoms with Gasteiger partial charge in [-0.2, -0.15) is 0 Å². The molecule has 0 unspecified atom stereocenters. The molecule has 2 nitrogen and oxygen atoms in total. The number of aliphatic hydroxyl groups is 1. The van der Waals surface area contributed by atoms with Crippen LogP contribution in [-0.4, -0.2) is 24.4 Å². The van der Waals surface area contributed by atoms with E-state index in [-0.39, 0.29) is 23.0 Å². The fraction of sp³-hybridized carbons (Fsp3) is 0.810. The van der Waals surface area contributed by atoms with Gasteiger partial charge in [0.1, 0.15) is 0 Å². The quantitative estimate of drug-likeness (QED) is 0.716. The first-order valence-corrected chi connectivity index (χ1v) is 9.27. The number of allylic oxidation sites excluding steroid dienone is 3. The van der Waals surface area contributed by atoms with Crippen LogP contribution < -0.4 is 0 Å². The third kappa shape index (κ3) is 2.62. The van der Waals surface area contributed by atoms with Gasteiger partial charge in [-0.15, -0.1) is 0 Å². The van der Waals surface area contributed by atoms with Gasteiger partial charge in [0.25, 0.3) is 0 Å². The number of fused-ring (bicyclic) bond motifs is 2. The molecule has 0 heterocycles. The van der Waals surface area contributed by atoms with Crippen LogP contribution >= 0.6 is 0 Å². The van der Waals surface area contributed by atoms with E-state index in [1.165, 1.54) is 5.57 Å². The van der Waals surface area contributed by atoms with Crippen LogP contribution in [-0.2, 0) is 4.74 Å². The van der Waals surface area contributed by atoms with Gasteiger partial charge in [0.2, 0.25) is 0 Å². The lowest BCUT2D eigenvalue weighted by molar-refractivity contribution is -0.0492. The number of methoxy groups -OCH3 is 1. The van der Waals surface area contributed by atoms with Crippen LogP contribution in [0.3, 0.4) is 0 Å². The highest BCUT2D eigenvalue weighted by Crippen LogP contribution is 2.57. The van der Waals surface area contributed by atoms with Gasteiger partial charge in [0.05, 0.1) is 12.2 Å². The first kappa shape index (κ1) is 17.2. The molecule has 0 aromatic rings. The Balaban J connectivity index is 2.02. The molecule has 3 aliphatic carbocycles. The van der Waals surface area contributed by atoms with Crippen molar-refractivity contribution in [1.82, 2.24) is 0 Å². The van der Waals surface area contributed by atoms with Gasteiger partial charge in [-0.1, -0.05) is 51.5 Å². The van der Waals surface area contributed by atoms with E-state index < -0.39 is 0 Å². The molecule has 7 atom stereocenters. The molecule has 0 aromatic carbocycles. The molecule has 0 aromatic heterocycles. The summed E-state index contributed by atoms with van der Waals surface area (Å²) in [6, 6.07) is 0. The van der Waals surface area contributed by atoms with Gasteiger partial charge in [0.15, 0.2) is 0 Å². The van der Waals surface area contributed by atoms with Crippen molar-refractivity contribution in [1.29, 1.82) is 0 Å². The average molecular weight is 319 g/mol. The van der Waals surface area contributed by atoms with Crippen LogP contribution in [0.4, 0.5) is 0 Å². The van der Waals surface area contributed by atoms with Crippen molar-refractivity contribution in [3.63, 3.8) is 0 Å². The lowest BCUT2D eigenvalue weighted by Gasteiger charge is -2.43. The second-order valence-corrected chi connectivity index (χ2v) is 9.25. The maximum Gasteiger partial charge on any atom is 0.0663 e. The zero-order valence-corrected chi connectivity index (χ0v) is 15.7. The Kier molecular flexibility index (Phi) is 4.30. The van der Waals surface area contributed by atoms with Crippen LogP contribution in [0.25, 0.3) is 0 Å². The molecule has 0 radical (unpaired) electrons. The van der Waals surface area contributed by atoms with Crippen molar-refractivity contribution in [2.45, 2.75) is 66.1 Å². The van der Waals surface area contributed by atoms with Gasteiger partial charge in [-0.3, -0.25) is 0 Å². The molecule has 1 N–H and O–H groups in total. The van der Waals surface area contributed by atoms with Crippen molar-refractivity contribution >= 4 is 0 Å². The normalized spacial score (nSPS) is 51.2. The molecule has 130 valence electrons. The Morgan fingerprint density at radius 2 is 1.87 bits per heavy atom. The summed E-state index contributed by atoms with van der Waals surface area (Å²) in [5.74, 6) is 1.77. The molecule has 0 bridgehead atoms. The summed E-state index contributed by atoms with van der Waals surface area (Å²) < 4.78 is 5.86. The van der Waals surface area contributed by atoms with Crippen molar-refractivity contribution in [2.75, 3.05) is 7.11 Å². The Morgan fingerprint density at radius 1 is 1.17 bits per heavy atom. The molecule has 1 fully saturated rings. The smallest absolute Gasteiger partial charge is 0.0663 e. The van der Waals surface area contributed by atoms with Crippen molar-refractivity contribution in [3.8, 4) is 0 Å². The highest BCUT2D eigenvalue weighted by Gasteiger charge is 2.55. The van der Waals surface area contributed by atoms with E-state index in [1.54, 1.807) is 0 Å². The summed E-state index contributed by atoms with van der Waals surface area (Å²) in [5, 5.41) is 11.5. The Bertz CT molecular complexity index is 518. The zero-order valence-electron chi connectivity index (χ0n) is 15.7. The molecule has 0 saturated heterocycles. The van der Waals surface area contributed by atoms with Gasteiger partial charge < -0.3 is 9.84 Å². The summed E-state index contributed by atoms with van der Waals surface area (Å²) in [6.07, 6.45) is 10.3. The third-order valence-electron chi connectivity index (χ3n) is 7.27. The Hall–Kier alpha value is -0.600. The number of hydrogen-bond donors (Lipinski definition) is 1. The Morgan fingerprint density at radius 3 is 2.52 bits per heavy atom. The summed E-state index contributed by atoms with van der Waals surface area (Å²) in [7, 11) is 1.84. The van der Waals surface area contributed by atoms with Gasteiger partial charge >= 0.3 is 0 Å². The second-order valence-electron chi connectivity index (χ2n) is 9.25. The van der Waals surface area contributed by atoms with E-state index in [9.17, 15) is 5.11 Å². The van der Waals surface area contributed by atoms with Crippen molar-refractivity contribution in [3.05, 3.63) is 23.8 Å². The standard InChI is InChI=1S/C21H34O2/c1-13-7-8-17-20(3,4)9-10-21(17,5)19(22)16-12-14(2)18(23-6)15(16)11-13/h7,9-10,14-19,22H,8,11-12H2,1-6H3/b13-7-/t14-,15+,16+,17+,18+,19+,21-/m1/s1. The molecule has 0 spiro atoms. The van der Waals surface area contributed by atoms with Crippen LogP contribution in [0.5, 0.6) is 0 Å². The van der Waals surface area contributed by atoms with Gasteiger partial charge in [-0.25, -0.2) is 0 Å². The van der Waals surface area contributed by atoms with E-state index in [4.69, 9.17) is 4.74 Å². The van der Waals surface area contributed by atoms with E-state index in [0.717, 1.165) is 19.3 Å². The molecule has 3 rings (SSSR count). The summed E-state index contributed by atoms with van der Waals surface area (Å²) in [6.45, 7) is 11.5. The van der Waals surface area contributed by atoms with E-state index in [1.807, 2.05) is 7.11 Å². The number of rotatable bonds is 1. The molecule has 1 saturated carbocycles. The fourth-order valence-electron chi connectivity index (χ4n) is 5.97. The molecule has 0 amide bonds. The first-order chi connectivity index (χ1) is 10.7. The summed E-state index contributed by atoms with van der Waals surface area (Å²) in [4.78, 5) is 0. The molecular formula is C21H34O2. The lowest BCUT2D eigenvalue weighted by atomic mass is 9.63. The maximum absolute atomic E-state index is 11.5. The predicted molar refractivity (Wildman–Crippen MR) is 95.1 cm³/mol.